The van der Waals surface area contributed by atoms with Gasteiger partial charge in [0.05, 0.1) is 5.69 Å². The van der Waals surface area contributed by atoms with Crippen LogP contribution in [0.25, 0.3) is 16.2 Å². The summed E-state index contributed by atoms with van der Waals surface area (Å²) in [5.74, 6) is 0.288. The predicted molar refractivity (Wildman–Crippen MR) is 111 cm³/mol. The van der Waals surface area contributed by atoms with Crippen LogP contribution in [-0.4, -0.2) is 57.7 Å². The van der Waals surface area contributed by atoms with Crippen LogP contribution in [-0.2, 0) is 4.79 Å². The number of hydrogen-bond acceptors (Lipinski definition) is 4. The molecule has 1 aromatic carbocycles. The van der Waals surface area contributed by atoms with Gasteiger partial charge in [-0.25, -0.2) is 4.98 Å². The van der Waals surface area contributed by atoms with E-state index < -0.39 is 0 Å². The highest BCUT2D eigenvalue weighted by Gasteiger charge is 2.30. The summed E-state index contributed by atoms with van der Waals surface area (Å²) >= 11 is 7.52. The van der Waals surface area contributed by atoms with Gasteiger partial charge in [-0.05, 0) is 19.1 Å². The third-order valence-electron chi connectivity index (χ3n) is 5.10. The second-order valence-electron chi connectivity index (χ2n) is 7.10. The molecular formula is C20H21ClN4O2S. The molecule has 2 aromatic heterocycles. The monoisotopic (exact) mass is 416 g/mol. The number of imidazole rings is 1. The molecule has 2 amide bonds. The molecule has 0 radical (unpaired) electrons. The Kier molecular flexibility index (Phi) is 5.12. The van der Waals surface area contributed by atoms with Crippen LogP contribution in [0, 0.1) is 5.92 Å². The number of aromatic nitrogens is 2. The highest BCUT2D eigenvalue weighted by Crippen LogP contribution is 2.26. The normalized spacial score (nSPS) is 16.9. The van der Waals surface area contributed by atoms with Crippen molar-refractivity contribution in [3.05, 3.63) is 46.6 Å². The van der Waals surface area contributed by atoms with Gasteiger partial charge in [0.15, 0.2) is 4.96 Å². The summed E-state index contributed by atoms with van der Waals surface area (Å²) in [4.78, 5) is 33.9. The molecule has 0 bridgehead atoms. The first kappa shape index (κ1) is 19.0. The van der Waals surface area contributed by atoms with Crippen molar-refractivity contribution in [2.45, 2.75) is 13.3 Å². The van der Waals surface area contributed by atoms with Crippen molar-refractivity contribution < 1.29 is 9.59 Å². The lowest BCUT2D eigenvalue weighted by molar-refractivity contribution is -0.127. The van der Waals surface area contributed by atoms with Gasteiger partial charge in [0.2, 0.25) is 5.91 Å². The van der Waals surface area contributed by atoms with E-state index in [-0.39, 0.29) is 17.7 Å². The van der Waals surface area contributed by atoms with E-state index in [1.165, 1.54) is 11.3 Å². The zero-order valence-corrected chi connectivity index (χ0v) is 17.3. The number of nitrogens with zero attached hydrogens (tertiary/aromatic N) is 4. The first-order chi connectivity index (χ1) is 13.5. The van der Waals surface area contributed by atoms with E-state index in [4.69, 9.17) is 11.6 Å². The first-order valence-electron chi connectivity index (χ1n) is 9.22. The SMILES string of the molecule is CCN1C[C@H](CN(C)C(=O)c2csc3nc(-c4cccc(Cl)c4)cn23)CC1=O. The van der Waals surface area contributed by atoms with E-state index in [0.717, 1.165) is 29.3 Å². The number of rotatable bonds is 5. The topological polar surface area (TPSA) is 57.9 Å². The fourth-order valence-electron chi connectivity index (χ4n) is 3.67. The molecule has 3 aromatic rings. The van der Waals surface area contributed by atoms with E-state index in [0.29, 0.717) is 23.7 Å². The number of benzene rings is 1. The lowest BCUT2D eigenvalue weighted by atomic mass is 10.1. The summed E-state index contributed by atoms with van der Waals surface area (Å²) < 4.78 is 1.83. The third-order valence-corrected chi connectivity index (χ3v) is 6.18. The van der Waals surface area contributed by atoms with Crippen molar-refractivity contribution in [1.29, 1.82) is 0 Å². The van der Waals surface area contributed by atoms with Crippen molar-refractivity contribution in [3.8, 4) is 11.3 Å². The fraction of sp³-hybridized carbons (Fsp3) is 0.350. The number of thiazole rings is 1. The number of fused-ring (bicyclic) bond motifs is 1. The van der Waals surface area contributed by atoms with Crippen LogP contribution in [0.15, 0.2) is 35.8 Å². The first-order valence-corrected chi connectivity index (χ1v) is 10.5. The van der Waals surface area contributed by atoms with Gasteiger partial charge in [0.25, 0.3) is 5.91 Å². The van der Waals surface area contributed by atoms with E-state index in [1.54, 1.807) is 11.9 Å². The molecule has 0 saturated carbocycles. The smallest absolute Gasteiger partial charge is 0.271 e. The van der Waals surface area contributed by atoms with Crippen molar-refractivity contribution in [2.24, 2.45) is 5.92 Å². The number of carbonyl (C=O) groups excluding carboxylic acids is 2. The summed E-state index contributed by atoms with van der Waals surface area (Å²) in [6, 6.07) is 7.51. The van der Waals surface area contributed by atoms with E-state index in [9.17, 15) is 9.59 Å². The maximum atomic E-state index is 13.0. The van der Waals surface area contributed by atoms with E-state index >= 15 is 0 Å². The minimum absolute atomic E-state index is 0.0660. The van der Waals surface area contributed by atoms with Gasteiger partial charge >= 0.3 is 0 Å². The van der Waals surface area contributed by atoms with Crippen molar-refractivity contribution >= 4 is 39.7 Å². The van der Waals surface area contributed by atoms with Gasteiger partial charge in [0.1, 0.15) is 5.69 Å². The minimum Gasteiger partial charge on any atom is -0.343 e. The van der Waals surface area contributed by atoms with Crippen LogP contribution in [0.2, 0.25) is 5.02 Å². The van der Waals surface area contributed by atoms with Crippen LogP contribution in [0.3, 0.4) is 0 Å². The highest BCUT2D eigenvalue weighted by atomic mass is 35.5. The summed E-state index contributed by atoms with van der Waals surface area (Å²) in [7, 11) is 1.79. The molecule has 8 heteroatoms. The van der Waals surface area contributed by atoms with Gasteiger partial charge in [-0.15, -0.1) is 11.3 Å². The Morgan fingerprint density at radius 2 is 2.25 bits per heavy atom. The Bertz CT molecular complexity index is 1040. The molecular weight excluding hydrogens is 396 g/mol. The maximum absolute atomic E-state index is 13.0. The quantitative estimate of drug-likeness (QED) is 0.637. The van der Waals surface area contributed by atoms with Crippen LogP contribution in [0.1, 0.15) is 23.8 Å². The van der Waals surface area contributed by atoms with Crippen molar-refractivity contribution in [1.82, 2.24) is 19.2 Å². The van der Waals surface area contributed by atoms with Crippen LogP contribution in [0.4, 0.5) is 0 Å². The molecule has 0 unspecified atom stereocenters. The molecule has 1 aliphatic rings. The zero-order valence-electron chi connectivity index (χ0n) is 15.8. The Morgan fingerprint density at radius 1 is 1.43 bits per heavy atom. The highest BCUT2D eigenvalue weighted by molar-refractivity contribution is 7.15. The average Bonchev–Trinajstić information content (AvgIpc) is 3.34. The lowest BCUT2D eigenvalue weighted by Crippen LogP contribution is -2.33. The van der Waals surface area contributed by atoms with Gasteiger partial charge in [-0.3, -0.25) is 14.0 Å². The Hall–Kier alpha value is -2.38. The second kappa shape index (κ2) is 7.56. The molecule has 1 aliphatic heterocycles. The van der Waals surface area contributed by atoms with Crippen LogP contribution < -0.4 is 0 Å². The summed E-state index contributed by atoms with van der Waals surface area (Å²) in [5.41, 5.74) is 2.28. The standard InChI is InChI=1S/C20H21ClN4O2S/c1-3-24-10-13(7-18(24)26)9-23(2)19(27)17-12-28-20-22-16(11-25(17)20)14-5-4-6-15(21)8-14/h4-6,8,11-13H,3,7,9-10H2,1-2H3/t13-/m0/s1. The largest absolute Gasteiger partial charge is 0.343 e. The molecule has 1 atom stereocenters. The molecule has 1 saturated heterocycles. The Balaban J connectivity index is 1.53. The number of carbonyl (C=O) groups is 2. The van der Waals surface area contributed by atoms with E-state index in [1.807, 2.05) is 52.1 Å². The summed E-state index contributed by atoms with van der Waals surface area (Å²) in [6.07, 6.45) is 2.38. The van der Waals surface area contributed by atoms with Crippen LogP contribution >= 0.6 is 22.9 Å². The van der Waals surface area contributed by atoms with Crippen LogP contribution in [0.5, 0.6) is 0 Å². The molecule has 6 nitrogen and oxygen atoms in total. The lowest BCUT2D eigenvalue weighted by Gasteiger charge is -2.21. The van der Waals surface area contributed by atoms with Gasteiger partial charge < -0.3 is 9.80 Å². The molecule has 1 fully saturated rings. The molecule has 0 spiro atoms. The third kappa shape index (κ3) is 3.52. The van der Waals surface area contributed by atoms with E-state index in [2.05, 4.69) is 4.98 Å². The molecule has 3 heterocycles. The maximum Gasteiger partial charge on any atom is 0.271 e. The molecule has 0 aliphatic carbocycles. The Morgan fingerprint density at radius 3 is 2.96 bits per heavy atom. The summed E-state index contributed by atoms with van der Waals surface area (Å²) in [6.45, 7) is 3.98. The van der Waals surface area contributed by atoms with Gasteiger partial charge in [-0.2, -0.15) is 0 Å². The summed E-state index contributed by atoms with van der Waals surface area (Å²) in [5, 5.41) is 2.48. The Labute approximate surface area is 172 Å². The fourth-order valence-corrected chi connectivity index (χ4v) is 4.71. The average molecular weight is 417 g/mol. The molecule has 4 rings (SSSR count). The zero-order chi connectivity index (χ0) is 19.8. The minimum atomic E-state index is -0.0660. The molecule has 146 valence electrons. The second-order valence-corrected chi connectivity index (χ2v) is 8.37. The van der Waals surface area contributed by atoms with Crippen molar-refractivity contribution in [2.75, 3.05) is 26.7 Å². The number of hydrogen-bond donors (Lipinski definition) is 0. The number of halogens is 1. The molecule has 0 N–H and O–H groups in total. The number of likely N-dealkylation sites (tertiary alicyclic amines) is 1. The van der Waals surface area contributed by atoms with Gasteiger partial charge in [0, 0.05) is 61.2 Å². The van der Waals surface area contributed by atoms with Crippen molar-refractivity contribution in [3.63, 3.8) is 0 Å². The number of amides is 2. The van der Waals surface area contributed by atoms with Gasteiger partial charge in [-0.1, -0.05) is 23.7 Å². The molecule has 28 heavy (non-hydrogen) atoms. The predicted octanol–water partition coefficient (Wildman–Crippen LogP) is 3.66.